The van der Waals surface area contributed by atoms with E-state index in [4.69, 9.17) is 0 Å². The van der Waals surface area contributed by atoms with Crippen LogP contribution in [0.3, 0.4) is 0 Å². The predicted octanol–water partition coefficient (Wildman–Crippen LogP) is 3.03. The highest BCUT2D eigenvalue weighted by molar-refractivity contribution is 5.79. The minimum absolute atomic E-state index is 0.220. The Balaban J connectivity index is 1.31. The van der Waals surface area contributed by atoms with Gasteiger partial charge < -0.3 is 9.88 Å². The first-order chi connectivity index (χ1) is 12.2. The number of carbonyl (C=O) groups is 1. The number of nitrogens with zero attached hydrogens (tertiary/aromatic N) is 3. The molecule has 0 radical (unpaired) electrons. The van der Waals surface area contributed by atoms with Gasteiger partial charge in [0.05, 0.1) is 17.6 Å². The number of likely N-dealkylation sites (tertiary alicyclic amines) is 2. The maximum absolute atomic E-state index is 12.8. The summed E-state index contributed by atoms with van der Waals surface area (Å²) in [5.41, 5.74) is 2.13. The molecule has 3 heterocycles. The lowest BCUT2D eigenvalue weighted by atomic mass is 9.93. The van der Waals surface area contributed by atoms with Crippen LogP contribution in [0.1, 0.15) is 38.4 Å². The standard InChI is InChI=1S/C20H28N4O/c1-15-5-4-10-24(13-15)20(25)16-8-11-23(12-9-16)14-19-21-17-6-2-3-7-18(17)22-19/h2-3,6-7,15-16H,4-5,8-14H2,1H3,(H,21,22). The molecule has 5 nitrogen and oxygen atoms in total. The molecule has 2 aliphatic heterocycles. The molecule has 2 saturated heterocycles. The number of para-hydroxylation sites is 2. The van der Waals surface area contributed by atoms with Crippen molar-refractivity contribution in [2.75, 3.05) is 26.2 Å². The topological polar surface area (TPSA) is 52.2 Å². The van der Waals surface area contributed by atoms with E-state index in [1.165, 1.54) is 6.42 Å². The van der Waals surface area contributed by atoms with E-state index >= 15 is 0 Å². The van der Waals surface area contributed by atoms with E-state index in [-0.39, 0.29) is 5.92 Å². The molecule has 0 spiro atoms. The zero-order chi connectivity index (χ0) is 17.2. The maximum atomic E-state index is 12.8. The molecule has 2 fully saturated rings. The van der Waals surface area contributed by atoms with Gasteiger partial charge in [-0.2, -0.15) is 0 Å². The first kappa shape index (κ1) is 16.6. The highest BCUT2D eigenvalue weighted by atomic mass is 16.2. The fourth-order valence-electron chi connectivity index (χ4n) is 4.28. The van der Waals surface area contributed by atoms with Gasteiger partial charge in [-0.3, -0.25) is 9.69 Å². The number of aromatic nitrogens is 2. The molecule has 1 unspecified atom stereocenters. The zero-order valence-electron chi connectivity index (χ0n) is 15.1. The zero-order valence-corrected chi connectivity index (χ0v) is 15.1. The Labute approximate surface area is 149 Å². The van der Waals surface area contributed by atoms with Gasteiger partial charge in [-0.15, -0.1) is 0 Å². The van der Waals surface area contributed by atoms with Crippen LogP contribution in [-0.2, 0) is 11.3 Å². The Hall–Kier alpha value is -1.88. The third-order valence-corrected chi connectivity index (χ3v) is 5.72. The molecule has 1 atom stereocenters. The van der Waals surface area contributed by atoms with Crippen LogP contribution in [0.4, 0.5) is 0 Å². The third-order valence-electron chi connectivity index (χ3n) is 5.72. The van der Waals surface area contributed by atoms with Gasteiger partial charge in [0, 0.05) is 19.0 Å². The van der Waals surface area contributed by atoms with E-state index in [1.54, 1.807) is 0 Å². The molecule has 5 heteroatoms. The summed E-state index contributed by atoms with van der Waals surface area (Å²) in [6, 6.07) is 8.16. The number of amides is 1. The Morgan fingerprint density at radius 2 is 2.00 bits per heavy atom. The molecule has 1 aromatic heterocycles. The third kappa shape index (κ3) is 3.71. The van der Waals surface area contributed by atoms with Crippen molar-refractivity contribution in [3.05, 3.63) is 30.1 Å². The van der Waals surface area contributed by atoms with Crippen molar-refractivity contribution >= 4 is 16.9 Å². The van der Waals surface area contributed by atoms with Crippen LogP contribution in [0, 0.1) is 11.8 Å². The van der Waals surface area contributed by atoms with Gasteiger partial charge in [-0.1, -0.05) is 19.1 Å². The van der Waals surface area contributed by atoms with Crippen molar-refractivity contribution in [2.24, 2.45) is 11.8 Å². The van der Waals surface area contributed by atoms with Crippen LogP contribution >= 0.6 is 0 Å². The van der Waals surface area contributed by atoms with Crippen molar-refractivity contribution in [3.8, 4) is 0 Å². The number of nitrogens with one attached hydrogen (secondary N) is 1. The van der Waals surface area contributed by atoms with Crippen molar-refractivity contribution in [1.82, 2.24) is 19.8 Å². The van der Waals surface area contributed by atoms with Gasteiger partial charge in [-0.05, 0) is 56.8 Å². The first-order valence-corrected chi connectivity index (χ1v) is 9.64. The Bertz CT molecular complexity index is 699. The van der Waals surface area contributed by atoms with Crippen LogP contribution in [-0.4, -0.2) is 51.9 Å². The molecule has 1 amide bonds. The second-order valence-electron chi connectivity index (χ2n) is 7.78. The largest absolute Gasteiger partial charge is 0.342 e. The van der Waals surface area contributed by atoms with Crippen LogP contribution in [0.15, 0.2) is 24.3 Å². The Morgan fingerprint density at radius 3 is 2.76 bits per heavy atom. The molecule has 1 aromatic carbocycles. The summed E-state index contributed by atoms with van der Waals surface area (Å²) in [5, 5.41) is 0. The number of carbonyl (C=O) groups excluding carboxylic acids is 1. The van der Waals surface area contributed by atoms with Crippen molar-refractivity contribution < 1.29 is 4.79 Å². The van der Waals surface area contributed by atoms with E-state index in [1.807, 2.05) is 18.2 Å². The summed E-state index contributed by atoms with van der Waals surface area (Å²) < 4.78 is 0. The molecule has 0 bridgehead atoms. The highest BCUT2D eigenvalue weighted by Crippen LogP contribution is 2.24. The normalized spacial score (nSPS) is 23.2. The number of hydrogen-bond donors (Lipinski definition) is 1. The van der Waals surface area contributed by atoms with E-state index in [0.29, 0.717) is 11.8 Å². The number of aromatic amines is 1. The van der Waals surface area contributed by atoms with E-state index in [0.717, 1.165) is 68.8 Å². The van der Waals surface area contributed by atoms with Crippen LogP contribution in [0.2, 0.25) is 0 Å². The minimum Gasteiger partial charge on any atom is -0.342 e. The van der Waals surface area contributed by atoms with E-state index in [2.05, 4.69) is 32.8 Å². The molecular formula is C20H28N4O. The summed E-state index contributed by atoms with van der Waals surface area (Å²) in [6.07, 6.45) is 4.38. The van der Waals surface area contributed by atoms with Gasteiger partial charge >= 0.3 is 0 Å². The highest BCUT2D eigenvalue weighted by Gasteiger charge is 2.30. The number of benzene rings is 1. The number of imidazole rings is 1. The quantitative estimate of drug-likeness (QED) is 0.934. The SMILES string of the molecule is CC1CCCN(C(=O)C2CCN(Cc3nc4ccccc4[nH]3)CC2)C1. The van der Waals surface area contributed by atoms with Gasteiger partial charge in [0.25, 0.3) is 0 Å². The number of hydrogen-bond acceptors (Lipinski definition) is 3. The maximum Gasteiger partial charge on any atom is 0.225 e. The fraction of sp³-hybridized carbons (Fsp3) is 0.600. The number of rotatable bonds is 3. The number of piperidine rings is 2. The van der Waals surface area contributed by atoms with E-state index in [9.17, 15) is 4.79 Å². The van der Waals surface area contributed by atoms with Crippen LogP contribution in [0.5, 0.6) is 0 Å². The lowest BCUT2D eigenvalue weighted by molar-refractivity contribution is -0.138. The van der Waals surface area contributed by atoms with Crippen LogP contribution in [0.25, 0.3) is 11.0 Å². The fourth-order valence-corrected chi connectivity index (χ4v) is 4.28. The van der Waals surface area contributed by atoms with Crippen molar-refractivity contribution in [1.29, 1.82) is 0 Å². The molecule has 0 saturated carbocycles. The lowest BCUT2D eigenvalue weighted by Gasteiger charge is -2.37. The summed E-state index contributed by atoms with van der Waals surface area (Å²) in [5.74, 6) is 2.30. The monoisotopic (exact) mass is 340 g/mol. The van der Waals surface area contributed by atoms with Crippen molar-refractivity contribution in [2.45, 2.75) is 39.2 Å². The molecule has 0 aliphatic carbocycles. The molecule has 134 valence electrons. The van der Waals surface area contributed by atoms with E-state index < -0.39 is 0 Å². The Kier molecular flexibility index (Phi) is 4.75. The first-order valence-electron chi connectivity index (χ1n) is 9.64. The average molecular weight is 340 g/mol. The number of H-pyrrole nitrogens is 1. The summed E-state index contributed by atoms with van der Waals surface area (Å²) in [6.45, 7) is 6.99. The second-order valence-corrected chi connectivity index (χ2v) is 7.78. The molecule has 4 rings (SSSR count). The Morgan fingerprint density at radius 1 is 1.20 bits per heavy atom. The number of fused-ring (bicyclic) bond motifs is 1. The summed E-state index contributed by atoms with van der Waals surface area (Å²) in [7, 11) is 0. The van der Waals surface area contributed by atoms with Gasteiger partial charge in [0.2, 0.25) is 5.91 Å². The van der Waals surface area contributed by atoms with Crippen LogP contribution < -0.4 is 0 Å². The smallest absolute Gasteiger partial charge is 0.225 e. The van der Waals surface area contributed by atoms with Crippen molar-refractivity contribution in [3.63, 3.8) is 0 Å². The minimum atomic E-state index is 0.220. The second kappa shape index (κ2) is 7.16. The lowest BCUT2D eigenvalue weighted by Crippen LogP contribution is -2.45. The molecule has 2 aliphatic rings. The summed E-state index contributed by atoms with van der Waals surface area (Å²) >= 11 is 0. The molecule has 25 heavy (non-hydrogen) atoms. The predicted molar refractivity (Wildman–Crippen MR) is 99.1 cm³/mol. The molecule has 1 N–H and O–H groups in total. The molecular weight excluding hydrogens is 312 g/mol. The van der Waals surface area contributed by atoms with Gasteiger partial charge in [-0.25, -0.2) is 4.98 Å². The average Bonchev–Trinajstić information content (AvgIpc) is 3.04. The van der Waals surface area contributed by atoms with Gasteiger partial charge in [0.15, 0.2) is 0 Å². The molecule has 2 aromatic rings. The summed E-state index contributed by atoms with van der Waals surface area (Å²) in [4.78, 5) is 25.4. The van der Waals surface area contributed by atoms with Gasteiger partial charge in [0.1, 0.15) is 5.82 Å².